The van der Waals surface area contributed by atoms with E-state index in [1.54, 1.807) is 0 Å². The molecule has 0 radical (unpaired) electrons. The minimum Gasteiger partial charge on any atom is -0.496 e. The Labute approximate surface area is 107 Å². The standard InChI is InChI=1S/C11H12F3NO4/c1-17-8-4-3-6(19-11(12,13)14)5-7(8)9(15)10(16)18-2/h3-5,9H,15H2,1-2H3/t9-/m1/s1. The molecule has 5 nitrogen and oxygen atoms in total. The summed E-state index contributed by atoms with van der Waals surface area (Å²) in [5.41, 5.74) is 5.60. The van der Waals surface area contributed by atoms with Crippen molar-refractivity contribution in [2.24, 2.45) is 5.73 Å². The first kappa shape index (κ1) is 15.1. The minimum absolute atomic E-state index is 0.0381. The quantitative estimate of drug-likeness (QED) is 0.850. The van der Waals surface area contributed by atoms with E-state index in [-0.39, 0.29) is 11.3 Å². The summed E-state index contributed by atoms with van der Waals surface area (Å²) in [5.74, 6) is -1.14. The van der Waals surface area contributed by atoms with Crippen LogP contribution in [0.2, 0.25) is 0 Å². The smallest absolute Gasteiger partial charge is 0.496 e. The van der Waals surface area contributed by atoms with Crippen LogP contribution in [0.4, 0.5) is 13.2 Å². The summed E-state index contributed by atoms with van der Waals surface area (Å²) in [6, 6.07) is 1.99. The number of alkyl halides is 3. The first-order chi connectivity index (χ1) is 8.78. The van der Waals surface area contributed by atoms with Gasteiger partial charge in [0.15, 0.2) is 0 Å². The van der Waals surface area contributed by atoms with E-state index in [0.29, 0.717) is 0 Å². The van der Waals surface area contributed by atoms with Crippen molar-refractivity contribution in [3.8, 4) is 11.5 Å². The van der Waals surface area contributed by atoms with Gasteiger partial charge in [-0.15, -0.1) is 13.2 Å². The van der Waals surface area contributed by atoms with Crippen LogP contribution >= 0.6 is 0 Å². The van der Waals surface area contributed by atoms with Gasteiger partial charge in [-0.1, -0.05) is 0 Å². The molecule has 2 N–H and O–H groups in total. The largest absolute Gasteiger partial charge is 0.573 e. The van der Waals surface area contributed by atoms with Crippen LogP contribution in [0.1, 0.15) is 11.6 Å². The van der Waals surface area contributed by atoms with Crippen LogP contribution in [0.25, 0.3) is 0 Å². The topological polar surface area (TPSA) is 70.8 Å². The molecule has 0 heterocycles. The number of methoxy groups -OCH3 is 2. The van der Waals surface area contributed by atoms with Gasteiger partial charge in [0, 0.05) is 5.56 Å². The van der Waals surface area contributed by atoms with E-state index in [2.05, 4.69) is 9.47 Å². The molecule has 0 bridgehead atoms. The maximum absolute atomic E-state index is 12.1. The SMILES string of the molecule is COC(=O)[C@H](N)c1cc(OC(F)(F)F)ccc1OC. The van der Waals surface area contributed by atoms with Crippen molar-refractivity contribution >= 4 is 5.97 Å². The predicted molar refractivity (Wildman–Crippen MR) is 58.6 cm³/mol. The molecular weight excluding hydrogens is 267 g/mol. The Hall–Kier alpha value is -1.96. The molecule has 1 atom stereocenters. The van der Waals surface area contributed by atoms with Crippen LogP contribution < -0.4 is 15.2 Å². The molecule has 1 aromatic rings. The third-order valence-electron chi connectivity index (χ3n) is 2.22. The van der Waals surface area contributed by atoms with Crippen molar-refractivity contribution in [1.82, 2.24) is 0 Å². The van der Waals surface area contributed by atoms with Gasteiger partial charge >= 0.3 is 12.3 Å². The summed E-state index contributed by atoms with van der Waals surface area (Å²) >= 11 is 0. The summed E-state index contributed by atoms with van der Waals surface area (Å²) in [7, 11) is 2.41. The average molecular weight is 279 g/mol. The van der Waals surface area contributed by atoms with E-state index in [4.69, 9.17) is 10.5 Å². The molecule has 0 spiro atoms. The summed E-state index contributed by atoms with van der Waals surface area (Å²) in [6.45, 7) is 0. The maximum Gasteiger partial charge on any atom is 0.573 e. The summed E-state index contributed by atoms with van der Waals surface area (Å²) in [4.78, 5) is 11.3. The molecule has 0 aliphatic carbocycles. The highest BCUT2D eigenvalue weighted by Gasteiger charge is 2.32. The van der Waals surface area contributed by atoms with Gasteiger partial charge in [-0.2, -0.15) is 0 Å². The highest BCUT2D eigenvalue weighted by atomic mass is 19.4. The molecule has 0 unspecified atom stereocenters. The van der Waals surface area contributed by atoms with E-state index < -0.39 is 24.1 Å². The zero-order valence-corrected chi connectivity index (χ0v) is 10.2. The number of carbonyl (C=O) groups excluding carboxylic acids is 1. The third kappa shape index (κ3) is 4.02. The van der Waals surface area contributed by atoms with Crippen LogP contribution in [0.5, 0.6) is 11.5 Å². The Morgan fingerprint density at radius 2 is 1.95 bits per heavy atom. The Morgan fingerprint density at radius 1 is 1.32 bits per heavy atom. The monoisotopic (exact) mass is 279 g/mol. The van der Waals surface area contributed by atoms with E-state index in [1.165, 1.54) is 13.2 Å². The summed E-state index contributed by atoms with van der Waals surface area (Å²) in [6.07, 6.45) is -4.83. The predicted octanol–water partition coefficient (Wildman–Crippen LogP) is 1.77. The fourth-order valence-corrected chi connectivity index (χ4v) is 1.41. The van der Waals surface area contributed by atoms with Crippen molar-refractivity contribution in [2.75, 3.05) is 14.2 Å². The van der Waals surface area contributed by atoms with Gasteiger partial charge in [0.1, 0.15) is 17.5 Å². The first-order valence-electron chi connectivity index (χ1n) is 5.05. The van der Waals surface area contributed by atoms with Crippen molar-refractivity contribution in [3.05, 3.63) is 23.8 Å². The Bertz CT molecular complexity index is 462. The molecule has 0 saturated heterocycles. The Kier molecular flexibility index (Phi) is 4.60. The number of halogens is 3. The van der Waals surface area contributed by atoms with Crippen LogP contribution in [0.15, 0.2) is 18.2 Å². The summed E-state index contributed by atoms with van der Waals surface area (Å²) < 4.78 is 49.4. The lowest BCUT2D eigenvalue weighted by Crippen LogP contribution is -2.23. The molecule has 0 aliphatic rings. The lowest BCUT2D eigenvalue weighted by molar-refractivity contribution is -0.274. The number of ether oxygens (including phenoxy) is 3. The van der Waals surface area contributed by atoms with E-state index >= 15 is 0 Å². The molecule has 0 aromatic heterocycles. The van der Waals surface area contributed by atoms with Gasteiger partial charge in [-0.25, -0.2) is 0 Å². The lowest BCUT2D eigenvalue weighted by Gasteiger charge is -2.16. The molecule has 0 amide bonds. The Balaban J connectivity index is 3.13. The minimum atomic E-state index is -4.83. The van der Waals surface area contributed by atoms with Crippen molar-refractivity contribution in [2.45, 2.75) is 12.4 Å². The second kappa shape index (κ2) is 5.79. The molecule has 0 saturated carbocycles. The number of rotatable bonds is 4. The third-order valence-corrected chi connectivity index (χ3v) is 2.22. The zero-order valence-electron chi connectivity index (χ0n) is 10.2. The fraction of sp³-hybridized carbons (Fsp3) is 0.364. The second-order valence-corrected chi connectivity index (χ2v) is 3.45. The Morgan fingerprint density at radius 3 is 2.42 bits per heavy atom. The first-order valence-corrected chi connectivity index (χ1v) is 5.05. The van der Waals surface area contributed by atoms with E-state index in [9.17, 15) is 18.0 Å². The van der Waals surface area contributed by atoms with Crippen LogP contribution in [0, 0.1) is 0 Å². The number of hydrogen-bond acceptors (Lipinski definition) is 5. The fourth-order valence-electron chi connectivity index (χ4n) is 1.41. The van der Waals surface area contributed by atoms with Crippen LogP contribution in [-0.4, -0.2) is 26.6 Å². The molecule has 8 heteroatoms. The van der Waals surface area contributed by atoms with Crippen LogP contribution in [-0.2, 0) is 9.53 Å². The molecule has 1 aromatic carbocycles. The second-order valence-electron chi connectivity index (χ2n) is 3.45. The summed E-state index contributed by atoms with van der Waals surface area (Å²) in [5, 5.41) is 0. The van der Waals surface area contributed by atoms with Crippen molar-refractivity contribution in [1.29, 1.82) is 0 Å². The zero-order chi connectivity index (χ0) is 14.6. The van der Waals surface area contributed by atoms with Gasteiger partial charge in [-0.05, 0) is 18.2 Å². The lowest BCUT2D eigenvalue weighted by atomic mass is 10.1. The number of benzene rings is 1. The number of nitrogens with two attached hydrogens (primary N) is 1. The highest BCUT2D eigenvalue weighted by Crippen LogP contribution is 2.31. The molecule has 1 rings (SSSR count). The molecule has 0 aliphatic heterocycles. The van der Waals surface area contributed by atoms with Crippen molar-refractivity contribution < 1.29 is 32.2 Å². The van der Waals surface area contributed by atoms with Gasteiger partial charge in [0.2, 0.25) is 0 Å². The van der Waals surface area contributed by atoms with E-state index in [0.717, 1.165) is 19.2 Å². The molecule has 106 valence electrons. The van der Waals surface area contributed by atoms with Crippen molar-refractivity contribution in [3.63, 3.8) is 0 Å². The molecule has 19 heavy (non-hydrogen) atoms. The maximum atomic E-state index is 12.1. The number of hydrogen-bond donors (Lipinski definition) is 1. The number of esters is 1. The average Bonchev–Trinajstić information content (AvgIpc) is 2.35. The van der Waals surface area contributed by atoms with Gasteiger partial charge in [0.05, 0.1) is 14.2 Å². The molecule has 0 fully saturated rings. The highest BCUT2D eigenvalue weighted by molar-refractivity contribution is 5.78. The van der Waals surface area contributed by atoms with E-state index in [1.807, 2.05) is 0 Å². The number of carbonyl (C=O) groups is 1. The normalized spacial score (nSPS) is 12.7. The van der Waals surface area contributed by atoms with Gasteiger partial charge in [-0.3, -0.25) is 4.79 Å². The van der Waals surface area contributed by atoms with Gasteiger partial charge in [0.25, 0.3) is 0 Å². The van der Waals surface area contributed by atoms with Crippen LogP contribution in [0.3, 0.4) is 0 Å². The molecular formula is C11H12F3NO4. The van der Waals surface area contributed by atoms with Gasteiger partial charge < -0.3 is 19.9 Å².